The molecule has 4 aromatic rings. The Morgan fingerprint density at radius 3 is 2.69 bits per heavy atom. The van der Waals surface area contributed by atoms with Gasteiger partial charge in [-0.2, -0.15) is 0 Å². The Morgan fingerprint density at radius 1 is 1.03 bits per heavy atom. The number of phenolic OH excluding ortho intramolecular Hbond substituents is 1. The number of phenols is 1. The van der Waals surface area contributed by atoms with Crippen molar-refractivity contribution in [3.63, 3.8) is 0 Å². The Kier molecular flexibility index (Phi) is 4.87. The van der Waals surface area contributed by atoms with Crippen molar-refractivity contribution in [1.82, 2.24) is 4.98 Å². The van der Waals surface area contributed by atoms with Gasteiger partial charge >= 0.3 is 0 Å². The van der Waals surface area contributed by atoms with Gasteiger partial charge in [0, 0.05) is 17.6 Å². The van der Waals surface area contributed by atoms with Crippen molar-refractivity contribution in [2.24, 2.45) is 0 Å². The molecule has 1 saturated heterocycles. The fourth-order valence-corrected chi connectivity index (χ4v) is 5.21. The number of anilines is 1. The normalized spacial score (nSPS) is 16.2. The van der Waals surface area contributed by atoms with Crippen molar-refractivity contribution in [3.05, 3.63) is 82.8 Å². The lowest BCUT2D eigenvalue weighted by Gasteiger charge is -2.34. The number of aromatic nitrogens is 2. The maximum Gasteiger partial charge on any atom is 0.274 e. The lowest BCUT2D eigenvalue weighted by Crippen LogP contribution is -3.15. The molecule has 0 amide bonds. The fraction of sp³-hybridized carbons (Fsp3) is 0.217. The molecule has 146 valence electrons. The van der Waals surface area contributed by atoms with Gasteiger partial charge in [0.1, 0.15) is 31.7 Å². The van der Waals surface area contributed by atoms with Gasteiger partial charge in [-0.25, -0.2) is 4.98 Å². The van der Waals surface area contributed by atoms with E-state index < -0.39 is 0 Å². The molecule has 0 unspecified atom stereocenters. The van der Waals surface area contributed by atoms with E-state index in [1.807, 2.05) is 24.4 Å². The van der Waals surface area contributed by atoms with E-state index in [0.29, 0.717) is 11.3 Å². The molecule has 4 heterocycles. The summed E-state index contributed by atoms with van der Waals surface area (Å²) >= 11 is 1.76. The summed E-state index contributed by atoms with van der Waals surface area (Å²) in [5, 5.41) is 14.2. The van der Waals surface area contributed by atoms with Crippen LogP contribution >= 0.6 is 11.3 Å². The number of pyridine rings is 2. The molecule has 5 rings (SSSR count). The maximum absolute atomic E-state index is 11.1. The summed E-state index contributed by atoms with van der Waals surface area (Å²) in [6.07, 6.45) is 3.72. The van der Waals surface area contributed by atoms with E-state index in [1.54, 1.807) is 17.5 Å². The summed E-state index contributed by atoms with van der Waals surface area (Å²) in [4.78, 5) is 12.9. The summed E-state index contributed by atoms with van der Waals surface area (Å²) in [5.41, 5.74) is 1.65. The van der Waals surface area contributed by atoms with Gasteiger partial charge in [0.25, 0.3) is 5.82 Å². The van der Waals surface area contributed by atoms with Gasteiger partial charge in [-0.1, -0.05) is 24.3 Å². The van der Waals surface area contributed by atoms with Crippen LogP contribution in [0.5, 0.6) is 5.75 Å². The number of nitrogens with zero attached hydrogens (tertiary/aromatic N) is 2. The number of hydrogen-bond donors (Lipinski definition) is 2. The van der Waals surface area contributed by atoms with Crippen LogP contribution in [0.4, 0.5) is 5.82 Å². The monoisotopic (exact) mass is 404 g/mol. The average Bonchev–Trinajstić information content (AvgIpc) is 3.31. The van der Waals surface area contributed by atoms with Crippen LogP contribution in [0.25, 0.3) is 10.9 Å². The van der Waals surface area contributed by atoms with Crippen molar-refractivity contribution in [2.45, 2.75) is 6.04 Å². The fourth-order valence-electron chi connectivity index (χ4n) is 4.31. The highest BCUT2D eigenvalue weighted by atomic mass is 32.1. The second kappa shape index (κ2) is 7.81. The minimum atomic E-state index is 0.114. The van der Waals surface area contributed by atoms with Crippen LogP contribution in [0.3, 0.4) is 0 Å². The third kappa shape index (κ3) is 3.45. The van der Waals surface area contributed by atoms with E-state index in [0.717, 1.165) is 42.9 Å². The minimum absolute atomic E-state index is 0.114. The molecule has 1 fully saturated rings. The number of H-pyrrole nitrogens is 1. The predicted octanol–water partition coefficient (Wildman–Crippen LogP) is 2.31. The second-order valence-corrected chi connectivity index (χ2v) is 8.40. The smallest absolute Gasteiger partial charge is 0.274 e. The Bertz CT molecular complexity index is 1090. The molecule has 6 heteroatoms. The van der Waals surface area contributed by atoms with Crippen LogP contribution in [0, 0.1) is 0 Å². The van der Waals surface area contributed by atoms with Gasteiger partial charge in [-0.05, 0) is 29.6 Å². The van der Waals surface area contributed by atoms with Gasteiger partial charge in [-0.3, -0.25) is 9.88 Å². The molecule has 1 atom stereocenters. The van der Waals surface area contributed by atoms with Gasteiger partial charge in [0.05, 0.1) is 16.6 Å². The van der Waals surface area contributed by atoms with Crippen molar-refractivity contribution in [1.29, 1.82) is 0 Å². The topological polar surface area (TPSA) is 54.9 Å². The third-order valence-corrected chi connectivity index (χ3v) is 6.70. The average molecular weight is 405 g/mol. The lowest BCUT2D eigenvalue weighted by molar-refractivity contribution is -0.926. The van der Waals surface area contributed by atoms with Crippen LogP contribution < -0.4 is 14.8 Å². The van der Waals surface area contributed by atoms with E-state index in [9.17, 15) is 5.11 Å². The van der Waals surface area contributed by atoms with Gasteiger partial charge < -0.3 is 10.0 Å². The lowest BCUT2D eigenvalue weighted by atomic mass is 9.99. The molecule has 0 bridgehead atoms. The number of piperazine rings is 1. The van der Waals surface area contributed by atoms with Crippen molar-refractivity contribution < 1.29 is 15.0 Å². The molecular formula is C23H24N4OS+2. The molecule has 3 N–H and O–H groups in total. The van der Waals surface area contributed by atoms with E-state index in [4.69, 9.17) is 0 Å². The quantitative estimate of drug-likeness (QED) is 0.549. The standard InChI is InChI=1S/C23H22N4OS/c28-23-18(9-8-17-5-3-11-25-21(17)23)22(19-6-4-16-29-19)27-14-12-26(13-15-27)20-7-1-2-10-24-20/h1-11,16,22,28H,12-15H2/p+2/t22-/m0/s1. The zero-order valence-electron chi connectivity index (χ0n) is 16.1. The number of benzene rings is 1. The van der Waals surface area contributed by atoms with Crippen molar-refractivity contribution in [3.8, 4) is 5.75 Å². The molecule has 0 aliphatic carbocycles. The first-order chi connectivity index (χ1) is 14.3. The predicted molar refractivity (Wildman–Crippen MR) is 115 cm³/mol. The zero-order chi connectivity index (χ0) is 19.6. The van der Waals surface area contributed by atoms with E-state index in [2.05, 4.69) is 56.6 Å². The van der Waals surface area contributed by atoms with Gasteiger partial charge in [0.15, 0.2) is 11.8 Å². The van der Waals surface area contributed by atoms with E-state index in [1.165, 1.54) is 9.78 Å². The number of aromatic amines is 1. The largest absolute Gasteiger partial charge is 0.505 e. The Labute approximate surface area is 173 Å². The van der Waals surface area contributed by atoms with E-state index >= 15 is 0 Å². The summed E-state index contributed by atoms with van der Waals surface area (Å²) in [6, 6.07) is 18.7. The minimum Gasteiger partial charge on any atom is -0.505 e. The second-order valence-electron chi connectivity index (χ2n) is 7.42. The molecule has 0 saturated carbocycles. The molecule has 5 nitrogen and oxygen atoms in total. The number of quaternary nitrogens is 1. The number of thiophene rings is 1. The van der Waals surface area contributed by atoms with Crippen LogP contribution in [0.15, 0.2) is 72.4 Å². The highest BCUT2D eigenvalue weighted by Gasteiger charge is 2.35. The van der Waals surface area contributed by atoms with Gasteiger partial charge in [0.2, 0.25) is 0 Å². The summed E-state index contributed by atoms with van der Waals surface area (Å²) in [5.74, 6) is 1.48. The molecule has 0 spiro atoms. The summed E-state index contributed by atoms with van der Waals surface area (Å²) in [6.45, 7) is 3.96. The maximum atomic E-state index is 11.1. The zero-order valence-corrected chi connectivity index (χ0v) is 16.9. The first kappa shape index (κ1) is 18.1. The van der Waals surface area contributed by atoms with E-state index in [-0.39, 0.29) is 6.04 Å². The Balaban J connectivity index is 1.47. The highest BCUT2D eigenvalue weighted by Crippen LogP contribution is 2.34. The molecule has 29 heavy (non-hydrogen) atoms. The Hall–Kier alpha value is -2.96. The van der Waals surface area contributed by atoms with Crippen LogP contribution in [0.1, 0.15) is 16.5 Å². The van der Waals surface area contributed by atoms with Crippen LogP contribution in [-0.2, 0) is 0 Å². The number of hydrogen-bond acceptors (Lipinski definition) is 4. The third-order valence-electron chi connectivity index (χ3n) is 5.77. The molecule has 0 radical (unpaired) electrons. The molecule has 1 aliphatic rings. The number of aromatic hydroxyl groups is 1. The molecule has 3 aromatic heterocycles. The number of nitrogens with one attached hydrogen (secondary N) is 2. The van der Waals surface area contributed by atoms with Crippen molar-refractivity contribution >= 4 is 28.1 Å². The van der Waals surface area contributed by atoms with Crippen molar-refractivity contribution in [2.75, 3.05) is 31.1 Å². The highest BCUT2D eigenvalue weighted by molar-refractivity contribution is 7.10. The molecule has 1 aromatic carbocycles. The number of fused-ring (bicyclic) bond motifs is 1. The first-order valence-electron chi connectivity index (χ1n) is 9.97. The van der Waals surface area contributed by atoms with Crippen LogP contribution in [-0.4, -0.2) is 36.3 Å². The molecule has 1 aliphatic heterocycles. The summed E-state index contributed by atoms with van der Waals surface area (Å²) in [7, 11) is 0. The number of rotatable bonds is 4. The van der Waals surface area contributed by atoms with Crippen LogP contribution in [0.2, 0.25) is 0 Å². The summed E-state index contributed by atoms with van der Waals surface area (Å²) < 4.78 is 0. The Morgan fingerprint density at radius 2 is 1.93 bits per heavy atom. The SMILES string of the molecule is Oc1c([C@@H](c2cccs2)[NH+]2CCN(c3cccc[nH+]3)CC2)ccc2cccnc12. The first-order valence-corrected chi connectivity index (χ1v) is 10.9. The van der Waals surface area contributed by atoms with Gasteiger partial charge in [-0.15, -0.1) is 11.3 Å². The molecular weight excluding hydrogens is 380 g/mol.